The first-order chi connectivity index (χ1) is 11.4. The Morgan fingerprint density at radius 1 is 1.08 bits per heavy atom. The standard InChI is InChI=1S/C17H15ClFN3O2/c1-10-5-3-6-11(2)15(10)21-16(23)17(24)22-20-9-12-13(18)7-4-8-14(12)19/h3-9H,1-2H3,(H,21,23)(H,22,24)/b20-9+. The number of aryl methyl sites for hydroxylation is 2. The van der Waals surface area contributed by atoms with Gasteiger partial charge in [-0.25, -0.2) is 9.82 Å². The highest BCUT2D eigenvalue weighted by molar-refractivity contribution is 6.39. The first-order valence-corrected chi connectivity index (χ1v) is 7.42. The van der Waals surface area contributed by atoms with Crippen molar-refractivity contribution in [3.05, 3.63) is 63.9 Å². The summed E-state index contributed by atoms with van der Waals surface area (Å²) in [5.41, 5.74) is 4.29. The van der Waals surface area contributed by atoms with Crippen LogP contribution in [0.4, 0.5) is 10.1 Å². The van der Waals surface area contributed by atoms with Crippen molar-refractivity contribution in [1.82, 2.24) is 5.43 Å². The molecule has 24 heavy (non-hydrogen) atoms. The topological polar surface area (TPSA) is 70.6 Å². The number of nitrogens with one attached hydrogen (secondary N) is 2. The second kappa shape index (κ2) is 7.70. The van der Waals surface area contributed by atoms with Crippen LogP contribution in [0.15, 0.2) is 41.5 Å². The van der Waals surface area contributed by atoms with E-state index < -0.39 is 17.6 Å². The molecule has 0 heterocycles. The Balaban J connectivity index is 2.02. The van der Waals surface area contributed by atoms with Crippen LogP contribution in [-0.2, 0) is 9.59 Å². The Kier molecular flexibility index (Phi) is 5.65. The number of nitrogens with zero attached hydrogens (tertiary/aromatic N) is 1. The van der Waals surface area contributed by atoms with Gasteiger partial charge < -0.3 is 5.32 Å². The summed E-state index contributed by atoms with van der Waals surface area (Å²) in [4.78, 5) is 23.7. The van der Waals surface area contributed by atoms with Crippen LogP contribution in [0.5, 0.6) is 0 Å². The van der Waals surface area contributed by atoms with E-state index >= 15 is 0 Å². The summed E-state index contributed by atoms with van der Waals surface area (Å²) in [6.45, 7) is 3.64. The summed E-state index contributed by atoms with van der Waals surface area (Å²) in [6, 6.07) is 9.64. The van der Waals surface area contributed by atoms with Crippen molar-refractivity contribution >= 4 is 35.3 Å². The van der Waals surface area contributed by atoms with Crippen molar-refractivity contribution < 1.29 is 14.0 Å². The molecule has 0 fully saturated rings. The van der Waals surface area contributed by atoms with E-state index in [2.05, 4.69) is 10.4 Å². The maximum Gasteiger partial charge on any atom is 0.329 e. The molecule has 0 saturated carbocycles. The molecule has 0 aromatic heterocycles. The molecule has 0 bridgehead atoms. The predicted octanol–water partition coefficient (Wildman–Crippen LogP) is 3.18. The van der Waals surface area contributed by atoms with Crippen molar-refractivity contribution in [3.8, 4) is 0 Å². The first-order valence-electron chi connectivity index (χ1n) is 7.04. The third-order valence-electron chi connectivity index (χ3n) is 3.29. The van der Waals surface area contributed by atoms with E-state index in [4.69, 9.17) is 11.6 Å². The number of rotatable bonds is 3. The summed E-state index contributed by atoms with van der Waals surface area (Å²) in [5.74, 6) is -2.42. The molecular formula is C17H15ClFN3O2. The molecule has 2 aromatic rings. The van der Waals surface area contributed by atoms with Gasteiger partial charge in [-0.2, -0.15) is 5.10 Å². The highest BCUT2D eigenvalue weighted by Gasteiger charge is 2.15. The van der Waals surface area contributed by atoms with E-state index in [0.29, 0.717) is 5.69 Å². The summed E-state index contributed by atoms with van der Waals surface area (Å²) >= 11 is 5.83. The minimum atomic E-state index is -0.971. The van der Waals surface area contributed by atoms with Gasteiger partial charge in [-0.3, -0.25) is 9.59 Å². The number of carbonyl (C=O) groups excluding carboxylic acids is 2. The van der Waals surface area contributed by atoms with E-state index in [1.54, 1.807) is 0 Å². The second-order valence-electron chi connectivity index (χ2n) is 5.06. The molecule has 7 heteroatoms. The quantitative estimate of drug-likeness (QED) is 0.508. The molecule has 2 N–H and O–H groups in total. The molecule has 0 spiro atoms. The molecule has 2 amide bonds. The SMILES string of the molecule is Cc1cccc(C)c1NC(=O)C(=O)N/N=C/c1c(F)cccc1Cl. The van der Waals surface area contributed by atoms with Crippen LogP contribution >= 0.6 is 11.6 Å². The zero-order chi connectivity index (χ0) is 17.7. The van der Waals surface area contributed by atoms with Crippen molar-refractivity contribution in [3.63, 3.8) is 0 Å². The van der Waals surface area contributed by atoms with E-state index in [1.165, 1.54) is 18.2 Å². The molecular weight excluding hydrogens is 333 g/mol. The summed E-state index contributed by atoms with van der Waals surface area (Å²) in [7, 11) is 0. The van der Waals surface area contributed by atoms with Gasteiger partial charge in [0.05, 0.1) is 11.2 Å². The highest BCUT2D eigenvalue weighted by atomic mass is 35.5. The summed E-state index contributed by atoms with van der Waals surface area (Å²) in [6.07, 6.45) is 1.04. The van der Waals surface area contributed by atoms with Crippen molar-refractivity contribution in [2.24, 2.45) is 5.10 Å². The van der Waals surface area contributed by atoms with E-state index in [0.717, 1.165) is 17.3 Å². The average Bonchev–Trinajstić information content (AvgIpc) is 2.53. The van der Waals surface area contributed by atoms with Gasteiger partial charge in [0.2, 0.25) is 0 Å². The summed E-state index contributed by atoms with van der Waals surface area (Å²) < 4.78 is 13.5. The van der Waals surface area contributed by atoms with Crippen LogP contribution in [0.25, 0.3) is 0 Å². The van der Waals surface area contributed by atoms with Crippen LogP contribution < -0.4 is 10.7 Å². The van der Waals surface area contributed by atoms with Gasteiger partial charge in [-0.05, 0) is 37.1 Å². The number of benzene rings is 2. The third-order valence-corrected chi connectivity index (χ3v) is 3.61. The van der Waals surface area contributed by atoms with Crippen LogP contribution in [0, 0.1) is 19.7 Å². The number of hydrogen-bond donors (Lipinski definition) is 2. The molecule has 0 radical (unpaired) electrons. The van der Waals surface area contributed by atoms with Crippen LogP contribution in [0.1, 0.15) is 16.7 Å². The van der Waals surface area contributed by atoms with Gasteiger partial charge >= 0.3 is 11.8 Å². The molecule has 0 aliphatic heterocycles. The molecule has 2 rings (SSSR count). The van der Waals surface area contributed by atoms with E-state index in [-0.39, 0.29) is 10.6 Å². The summed E-state index contributed by atoms with van der Waals surface area (Å²) in [5, 5.41) is 6.23. The minimum Gasteiger partial charge on any atom is -0.317 e. The zero-order valence-corrected chi connectivity index (χ0v) is 13.8. The van der Waals surface area contributed by atoms with Gasteiger partial charge in [-0.15, -0.1) is 0 Å². The number of para-hydroxylation sites is 1. The first kappa shape index (κ1) is 17.6. The number of amides is 2. The molecule has 0 atom stereocenters. The fourth-order valence-electron chi connectivity index (χ4n) is 2.02. The fraction of sp³-hybridized carbons (Fsp3) is 0.118. The Hall–Kier alpha value is -2.73. The van der Waals surface area contributed by atoms with Crippen molar-refractivity contribution in [2.75, 3.05) is 5.32 Å². The van der Waals surface area contributed by atoms with E-state index in [1.807, 2.05) is 37.5 Å². The monoisotopic (exact) mass is 347 g/mol. The zero-order valence-electron chi connectivity index (χ0n) is 13.1. The maximum atomic E-state index is 13.5. The van der Waals surface area contributed by atoms with Gasteiger partial charge in [-0.1, -0.05) is 35.9 Å². The average molecular weight is 348 g/mol. The lowest BCUT2D eigenvalue weighted by atomic mass is 10.1. The molecule has 124 valence electrons. The Bertz CT molecular complexity index is 781. The van der Waals surface area contributed by atoms with E-state index in [9.17, 15) is 14.0 Å². The minimum absolute atomic E-state index is 0.0228. The smallest absolute Gasteiger partial charge is 0.317 e. The molecule has 0 saturated heterocycles. The molecule has 0 aliphatic rings. The lowest BCUT2D eigenvalue weighted by Gasteiger charge is -2.10. The third kappa shape index (κ3) is 4.17. The largest absolute Gasteiger partial charge is 0.329 e. The Morgan fingerprint density at radius 2 is 1.71 bits per heavy atom. The Morgan fingerprint density at radius 3 is 2.33 bits per heavy atom. The highest BCUT2D eigenvalue weighted by Crippen LogP contribution is 2.19. The molecule has 2 aromatic carbocycles. The lowest BCUT2D eigenvalue weighted by Crippen LogP contribution is -2.32. The second-order valence-corrected chi connectivity index (χ2v) is 5.46. The van der Waals surface area contributed by atoms with Gasteiger partial charge in [0, 0.05) is 11.3 Å². The van der Waals surface area contributed by atoms with Crippen molar-refractivity contribution in [1.29, 1.82) is 0 Å². The van der Waals surface area contributed by atoms with Gasteiger partial charge in [0.25, 0.3) is 0 Å². The Labute approximate surface area is 143 Å². The predicted molar refractivity (Wildman–Crippen MR) is 91.7 cm³/mol. The number of hydrogen-bond acceptors (Lipinski definition) is 3. The molecule has 0 unspecified atom stereocenters. The number of anilines is 1. The number of hydrazone groups is 1. The van der Waals surface area contributed by atoms with Gasteiger partial charge in [0.15, 0.2) is 0 Å². The van der Waals surface area contributed by atoms with Crippen LogP contribution in [0.2, 0.25) is 5.02 Å². The van der Waals surface area contributed by atoms with Gasteiger partial charge in [0.1, 0.15) is 5.82 Å². The van der Waals surface area contributed by atoms with Crippen molar-refractivity contribution in [2.45, 2.75) is 13.8 Å². The molecule has 0 aliphatic carbocycles. The molecule has 5 nitrogen and oxygen atoms in total. The maximum absolute atomic E-state index is 13.5. The fourth-order valence-corrected chi connectivity index (χ4v) is 2.23. The van der Waals surface area contributed by atoms with Crippen LogP contribution in [-0.4, -0.2) is 18.0 Å². The van der Waals surface area contributed by atoms with Crippen LogP contribution in [0.3, 0.4) is 0 Å². The normalized spacial score (nSPS) is 10.7. The lowest BCUT2D eigenvalue weighted by molar-refractivity contribution is -0.136. The number of carbonyl (C=O) groups is 2. The number of halogens is 2.